The number of aliphatic hydroxyl groups excluding tert-OH is 1. The van der Waals surface area contributed by atoms with Gasteiger partial charge in [-0.25, -0.2) is 0 Å². The molecular weight excluding hydrogens is 214 g/mol. The van der Waals surface area contributed by atoms with Gasteiger partial charge < -0.3 is 10.0 Å². The lowest BCUT2D eigenvalue weighted by Gasteiger charge is -2.26. The lowest BCUT2D eigenvalue weighted by Crippen LogP contribution is -2.36. The number of carbonyl (C=O) groups is 1. The van der Waals surface area contributed by atoms with Gasteiger partial charge in [-0.2, -0.15) is 0 Å². The molecule has 1 heterocycles. The fraction of sp³-hybridized carbons (Fsp3) is 0.929. The van der Waals surface area contributed by atoms with Crippen molar-refractivity contribution < 1.29 is 9.90 Å². The summed E-state index contributed by atoms with van der Waals surface area (Å²) < 4.78 is 0. The molecule has 1 aliphatic rings. The third-order valence-electron chi connectivity index (χ3n) is 3.86. The average molecular weight is 241 g/mol. The van der Waals surface area contributed by atoms with Crippen LogP contribution in [0.25, 0.3) is 0 Å². The first-order valence-corrected chi connectivity index (χ1v) is 6.99. The molecule has 0 bridgehead atoms. The second-order valence-corrected chi connectivity index (χ2v) is 5.59. The summed E-state index contributed by atoms with van der Waals surface area (Å²) in [6, 6.07) is 0. The minimum Gasteiger partial charge on any atom is -0.396 e. The van der Waals surface area contributed by atoms with Crippen LogP contribution in [0.4, 0.5) is 0 Å². The average Bonchev–Trinajstić information content (AvgIpc) is 2.73. The third kappa shape index (κ3) is 3.98. The number of hydrogen-bond acceptors (Lipinski definition) is 2. The van der Waals surface area contributed by atoms with E-state index in [-0.39, 0.29) is 12.5 Å². The number of aliphatic hydroxyl groups is 1. The molecule has 100 valence electrons. The van der Waals surface area contributed by atoms with Crippen molar-refractivity contribution in [1.82, 2.24) is 4.90 Å². The van der Waals surface area contributed by atoms with E-state index in [1.807, 2.05) is 4.90 Å². The van der Waals surface area contributed by atoms with Gasteiger partial charge in [0, 0.05) is 25.6 Å². The Labute approximate surface area is 105 Å². The molecule has 1 fully saturated rings. The van der Waals surface area contributed by atoms with Gasteiger partial charge in [-0.3, -0.25) is 4.79 Å². The van der Waals surface area contributed by atoms with Crippen LogP contribution in [0.5, 0.6) is 0 Å². The molecule has 0 aliphatic carbocycles. The predicted molar refractivity (Wildman–Crippen MR) is 69.6 cm³/mol. The van der Waals surface area contributed by atoms with Gasteiger partial charge >= 0.3 is 0 Å². The minimum absolute atomic E-state index is 0.188. The smallest absolute Gasteiger partial charge is 0.225 e. The van der Waals surface area contributed by atoms with Gasteiger partial charge in [-0.05, 0) is 31.1 Å². The largest absolute Gasteiger partial charge is 0.396 e. The van der Waals surface area contributed by atoms with Crippen molar-refractivity contribution >= 4 is 5.91 Å². The SMILES string of the molecule is CCC[C@H](C(=O)N1CC[C@@H](CCO)C1)C(C)C. The zero-order valence-electron chi connectivity index (χ0n) is 11.5. The van der Waals surface area contributed by atoms with Crippen molar-refractivity contribution in [3.63, 3.8) is 0 Å². The lowest BCUT2D eigenvalue weighted by molar-refractivity contribution is -0.136. The summed E-state index contributed by atoms with van der Waals surface area (Å²) in [5.74, 6) is 1.47. The maximum Gasteiger partial charge on any atom is 0.225 e. The Morgan fingerprint density at radius 1 is 1.47 bits per heavy atom. The molecule has 0 unspecified atom stereocenters. The van der Waals surface area contributed by atoms with E-state index in [1.54, 1.807) is 0 Å². The second kappa shape index (κ2) is 7.00. The zero-order chi connectivity index (χ0) is 12.8. The summed E-state index contributed by atoms with van der Waals surface area (Å²) in [6.45, 7) is 8.40. The standard InChI is InChI=1S/C14H27NO2/c1-4-5-13(11(2)3)14(17)15-8-6-12(10-15)7-9-16/h11-13,16H,4-10H2,1-3H3/t12-,13-/m0/s1. The van der Waals surface area contributed by atoms with Gasteiger partial charge in [0.15, 0.2) is 0 Å². The van der Waals surface area contributed by atoms with Crippen molar-refractivity contribution in [2.24, 2.45) is 17.8 Å². The van der Waals surface area contributed by atoms with E-state index < -0.39 is 0 Å². The molecule has 0 aromatic rings. The summed E-state index contributed by atoms with van der Waals surface area (Å²) in [4.78, 5) is 14.4. The fourth-order valence-corrected chi connectivity index (χ4v) is 2.74. The Morgan fingerprint density at radius 3 is 2.71 bits per heavy atom. The second-order valence-electron chi connectivity index (χ2n) is 5.59. The molecule has 0 radical (unpaired) electrons. The molecule has 1 N–H and O–H groups in total. The molecule has 17 heavy (non-hydrogen) atoms. The van der Waals surface area contributed by atoms with E-state index in [9.17, 15) is 4.79 Å². The van der Waals surface area contributed by atoms with Crippen LogP contribution in [0.15, 0.2) is 0 Å². The highest BCUT2D eigenvalue weighted by molar-refractivity contribution is 5.79. The first-order valence-electron chi connectivity index (χ1n) is 6.99. The van der Waals surface area contributed by atoms with Crippen LogP contribution in [0, 0.1) is 17.8 Å². The molecule has 1 rings (SSSR count). The van der Waals surface area contributed by atoms with Gasteiger partial charge in [-0.1, -0.05) is 27.2 Å². The van der Waals surface area contributed by atoms with E-state index in [4.69, 9.17) is 5.11 Å². The molecule has 1 aliphatic heterocycles. The molecule has 0 saturated carbocycles. The van der Waals surface area contributed by atoms with Crippen LogP contribution >= 0.6 is 0 Å². The summed E-state index contributed by atoms with van der Waals surface area (Å²) in [5.41, 5.74) is 0. The molecular formula is C14H27NO2. The predicted octanol–water partition coefficient (Wildman–Crippen LogP) is 2.29. The molecule has 3 nitrogen and oxygen atoms in total. The first-order chi connectivity index (χ1) is 8.10. The lowest BCUT2D eigenvalue weighted by atomic mass is 9.90. The maximum absolute atomic E-state index is 12.4. The number of carbonyl (C=O) groups excluding carboxylic acids is 1. The minimum atomic E-state index is 0.188. The van der Waals surface area contributed by atoms with Gasteiger partial charge in [0.05, 0.1) is 0 Å². The van der Waals surface area contributed by atoms with E-state index in [0.29, 0.717) is 17.7 Å². The van der Waals surface area contributed by atoms with Crippen molar-refractivity contribution in [3.8, 4) is 0 Å². The van der Waals surface area contributed by atoms with Gasteiger partial charge in [0.2, 0.25) is 5.91 Å². The Morgan fingerprint density at radius 2 is 2.18 bits per heavy atom. The third-order valence-corrected chi connectivity index (χ3v) is 3.86. The number of amides is 1. The molecule has 1 amide bonds. The Kier molecular flexibility index (Phi) is 5.96. The highest BCUT2D eigenvalue weighted by atomic mass is 16.3. The van der Waals surface area contributed by atoms with Crippen LogP contribution in [0.1, 0.15) is 46.5 Å². The van der Waals surface area contributed by atoms with Crippen molar-refractivity contribution in [1.29, 1.82) is 0 Å². The van der Waals surface area contributed by atoms with Gasteiger partial charge in [-0.15, -0.1) is 0 Å². The number of hydrogen-bond donors (Lipinski definition) is 1. The maximum atomic E-state index is 12.4. The van der Waals surface area contributed by atoms with E-state index in [2.05, 4.69) is 20.8 Å². The summed E-state index contributed by atoms with van der Waals surface area (Å²) in [7, 11) is 0. The molecule has 0 spiro atoms. The van der Waals surface area contributed by atoms with Crippen molar-refractivity contribution in [2.45, 2.75) is 46.5 Å². The normalized spacial score (nSPS) is 22.2. The van der Waals surface area contributed by atoms with Crippen molar-refractivity contribution in [2.75, 3.05) is 19.7 Å². The van der Waals surface area contributed by atoms with Crippen LogP contribution in [0.3, 0.4) is 0 Å². The van der Waals surface area contributed by atoms with Crippen LogP contribution in [-0.4, -0.2) is 35.6 Å². The van der Waals surface area contributed by atoms with Crippen molar-refractivity contribution in [3.05, 3.63) is 0 Å². The van der Waals surface area contributed by atoms with Gasteiger partial charge in [0.1, 0.15) is 0 Å². The Balaban J connectivity index is 2.51. The highest BCUT2D eigenvalue weighted by Crippen LogP contribution is 2.25. The molecule has 0 aromatic carbocycles. The zero-order valence-corrected chi connectivity index (χ0v) is 11.5. The van der Waals surface area contributed by atoms with Crippen LogP contribution in [0.2, 0.25) is 0 Å². The highest BCUT2D eigenvalue weighted by Gasteiger charge is 2.31. The molecule has 0 aromatic heterocycles. The van der Waals surface area contributed by atoms with E-state index in [1.165, 1.54) is 0 Å². The Hall–Kier alpha value is -0.570. The quantitative estimate of drug-likeness (QED) is 0.775. The monoisotopic (exact) mass is 241 g/mol. The van der Waals surface area contributed by atoms with Crippen LogP contribution < -0.4 is 0 Å². The first kappa shape index (κ1) is 14.5. The Bertz CT molecular complexity index is 240. The topological polar surface area (TPSA) is 40.5 Å². The van der Waals surface area contributed by atoms with E-state index in [0.717, 1.165) is 38.8 Å². The summed E-state index contributed by atoms with van der Waals surface area (Å²) in [6.07, 6.45) is 3.97. The van der Waals surface area contributed by atoms with E-state index >= 15 is 0 Å². The summed E-state index contributed by atoms with van der Waals surface area (Å²) >= 11 is 0. The number of likely N-dealkylation sites (tertiary alicyclic amines) is 1. The number of rotatable bonds is 6. The molecule has 1 saturated heterocycles. The van der Waals surface area contributed by atoms with Crippen LogP contribution in [-0.2, 0) is 4.79 Å². The van der Waals surface area contributed by atoms with Gasteiger partial charge in [0.25, 0.3) is 0 Å². The molecule has 3 heteroatoms. The number of nitrogens with zero attached hydrogens (tertiary/aromatic N) is 1. The molecule has 2 atom stereocenters. The summed E-state index contributed by atoms with van der Waals surface area (Å²) in [5, 5.41) is 8.93. The fourth-order valence-electron chi connectivity index (χ4n) is 2.74.